The van der Waals surface area contributed by atoms with Crippen molar-refractivity contribution in [2.45, 2.75) is 39.7 Å². The fourth-order valence-electron chi connectivity index (χ4n) is 3.36. The van der Waals surface area contributed by atoms with Crippen LogP contribution in [0.25, 0.3) is 0 Å². The van der Waals surface area contributed by atoms with Crippen LogP contribution < -0.4 is 0 Å². The van der Waals surface area contributed by atoms with Crippen molar-refractivity contribution in [3.63, 3.8) is 0 Å². The lowest BCUT2D eigenvalue weighted by Gasteiger charge is -2.31. The summed E-state index contributed by atoms with van der Waals surface area (Å²) >= 11 is 0. The number of hydrogen-bond acceptors (Lipinski definition) is 4. The number of likely N-dealkylation sites (tertiary alicyclic amines) is 1. The van der Waals surface area contributed by atoms with Crippen molar-refractivity contribution < 1.29 is 14.3 Å². The molecule has 1 aromatic heterocycles. The van der Waals surface area contributed by atoms with Crippen LogP contribution in [0.5, 0.6) is 0 Å². The fourth-order valence-corrected chi connectivity index (χ4v) is 3.36. The Morgan fingerprint density at radius 3 is 2.62 bits per heavy atom. The number of aromatic nitrogens is 1. The monoisotopic (exact) mass is 328 g/mol. The molecule has 0 unspecified atom stereocenters. The van der Waals surface area contributed by atoms with Crippen molar-refractivity contribution in [1.29, 1.82) is 0 Å². The zero-order valence-electron chi connectivity index (χ0n) is 14.3. The summed E-state index contributed by atoms with van der Waals surface area (Å²) in [6.45, 7) is 6.67. The summed E-state index contributed by atoms with van der Waals surface area (Å²) in [5.41, 5.74) is 2.35. The lowest BCUT2D eigenvalue weighted by molar-refractivity contribution is 0.0695. The van der Waals surface area contributed by atoms with E-state index >= 15 is 0 Å². The lowest BCUT2D eigenvalue weighted by Crippen LogP contribution is -2.34. The highest BCUT2D eigenvalue weighted by molar-refractivity contribution is 5.89. The third-order valence-electron chi connectivity index (χ3n) is 4.90. The normalized spacial score (nSPS) is 16.4. The molecule has 0 saturated carbocycles. The highest BCUT2D eigenvalue weighted by Crippen LogP contribution is 2.24. The topological polar surface area (TPSA) is 66.6 Å². The minimum absolute atomic E-state index is 0.436. The molecule has 1 aromatic carbocycles. The number of carboxylic acids is 1. The first-order valence-corrected chi connectivity index (χ1v) is 8.49. The molecule has 0 spiro atoms. The molecule has 3 rings (SSSR count). The minimum Gasteiger partial charge on any atom is -0.478 e. The predicted molar refractivity (Wildman–Crippen MR) is 91.1 cm³/mol. The second-order valence-electron chi connectivity index (χ2n) is 6.64. The lowest BCUT2D eigenvalue weighted by atomic mass is 9.88. The Balaban J connectivity index is 1.55. The second kappa shape index (κ2) is 7.18. The molecule has 5 heteroatoms. The number of hydrogen-bond donors (Lipinski definition) is 1. The fraction of sp³-hybridized carbons (Fsp3) is 0.474. The Hall–Kier alpha value is -2.14. The van der Waals surface area contributed by atoms with Gasteiger partial charge in [0.15, 0.2) is 0 Å². The third kappa shape index (κ3) is 3.85. The third-order valence-corrected chi connectivity index (χ3v) is 4.90. The van der Waals surface area contributed by atoms with Gasteiger partial charge in [-0.1, -0.05) is 18.2 Å². The van der Waals surface area contributed by atoms with Crippen LogP contribution >= 0.6 is 0 Å². The average Bonchev–Trinajstić information content (AvgIpc) is 2.87. The first-order valence-electron chi connectivity index (χ1n) is 8.49. The molecule has 0 bridgehead atoms. The van der Waals surface area contributed by atoms with Gasteiger partial charge in [-0.3, -0.25) is 4.90 Å². The Kier molecular flexibility index (Phi) is 5.00. The van der Waals surface area contributed by atoms with Gasteiger partial charge in [0.25, 0.3) is 0 Å². The van der Waals surface area contributed by atoms with Crippen LogP contribution in [0.15, 0.2) is 28.7 Å². The number of carboxylic acid groups (broad SMARTS) is 1. The van der Waals surface area contributed by atoms with E-state index in [1.54, 1.807) is 12.1 Å². The first kappa shape index (κ1) is 16.7. The average molecular weight is 328 g/mol. The van der Waals surface area contributed by atoms with Gasteiger partial charge in [-0.2, -0.15) is 0 Å². The molecule has 2 aromatic rings. The smallest absolute Gasteiger partial charge is 0.335 e. The number of carbonyl (C=O) groups is 1. The van der Waals surface area contributed by atoms with Crippen LogP contribution in [-0.4, -0.2) is 34.0 Å². The van der Waals surface area contributed by atoms with E-state index in [0.29, 0.717) is 11.5 Å². The molecule has 1 N–H and O–H groups in total. The SMILES string of the molecule is Cc1nc(CN2CCC(Cc3ccccc3C(=O)O)CC2)oc1C. The van der Waals surface area contributed by atoms with E-state index in [2.05, 4.69) is 9.88 Å². The number of aromatic carboxylic acids is 1. The Morgan fingerprint density at radius 1 is 1.29 bits per heavy atom. The van der Waals surface area contributed by atoms with Gasteiger partial charge in [-0.05, 0) is 63.7 Å². The maximum atomic E-state index is 11.3. The van der Waals surface area contributed by atoms with Crippen molar-refractivity contribution in [3.8, 4) is 0 Å². The molecule has 128 valence electrons. The van der Waals surface area contributed by atoms with Gasteiger partial charge in [0.2, 0.25) is 5.89 Å². The molecule has 1 saturated heterocycles. The van der Waals surface area contributed by atoms with E-state index in [1.807, 2.05) is 26.0 Å². The van der Waals surface area contributed by atoms with Crippen LogP contribution in [-0.2, 0) is 13.0 Å². The molecule has 5 nitrogen and oxygen atoms in total. The highest BCUT2D eigenvalue weighted by Gasteiger charge is 2.22. The summed E-state index contributed by atoms with van der Waals surface area (Å²) in [6.07, 6.45) is 2.99. The van der Waals surface area contributed by atoms with Gasteiger partial charge in [0, 0.05) is 0 Å². The Labute approximate surface area is 142 Å². The van der Waals surface area contributed by atoms with Crippen LogP contribution in [0.3, 0.4) is 0 Å². The Bertz CT molecular complexity index is 696. The molecular weight excluding hydrogens is 304 g/mol. The molecular formula is C19H24N2O3. The summed E-state index contributed by atoms with van der Waals surface area (Å²) in [6, 6.07) is 7.34. The van der Waals surface area contributed by atoms with Crippen LogP contribution in [0.1, 0.15) is 46.1 Å². The van der Waals surface area contributed by atoms with Crippen LogP contribution in [0.2, 0.25) is 0 Å². The number of aryl methyl sites for hydroxylation is 2. The molecule has 1 aliphatic rings. The maximum absolute atomic E-state index is 11.3. The molecule has 0 aliphatic carbocycles. The minimum atomic E-state index is -0.835. The quantitative estimate of drug-likeness (QED) is 0.910. The molecule has 24 heavy (non-hydrogen) atoms. The summed E-state index contributed by atoms with van der Waals surface area (Å²) < 4.78 is 5.66. The zero-order valence-corrected chi connectivity index (χ0v) is 14.3. The van der Waals surface area contributed by atoms with Gasteiger partial charge < -0.3 is 9.52 Å². The van der Waals surface area contributed by atoms with Crippen LogP contribution in [0, 0.1) is 19.8 Å². The molecule has 0 radical (unpaired) electrons. The summed E-state index contributed by atoms with van der Waals surface area (Å²) in [5.74, 6) is 1.39. The van der Waals surface area contributed by atoms with E-state index in [9.17, 15) is 9.90 Å². The second-order valence-corrected chi connectivity index (χ2v) is 6.64. The van der Waals surface area contributed by atoms with Gasteiger partial charge >= 0.3 is 5.97 Å². The molecule has 2 heterocycles. The predicted octanol–water partition coefficient (Wildman–Crippen LogP) is 3.44. The summed E-state index contributed by atoms with van der Waals surface area (Å²) in [4.78, 5) is 18.1. The summed E-state index contributed by atoms with van der Waals surface area (Å²) in [7, 11) is 0. The van der Waals surface area contributed by atoms with Crippen molar-refractivity contribution in [2.75, 3.05) is 13.1 Å². The van der Waals surface area contributed by atoms with Crippen molar-refractivity contribution in [1.82, 2.24) is 9.88 Å². The van der Waals surface area contributed by atoms with Gasteiger partial charge in [0.1, 0.15) is 5.76 Å². The van der Waals surface area contributed by atoms with E-state index in [4.69, 9.17) is 4.42 Å². The van der Waals surface area contributed by atoms with Gasteiger partial charge in [0.05, 0.1) is 17.8 Å². The van der Waals surface area contributed by atoms with Crippen molar-refractivity contribution >= 4 is 5.97 Å². The van der Waals surface area contributed by atoms with E-state index in [1.165, 1.54) is 0 Å². The molecule has 1 fully saturated rings. The molecule has 0 amide bonds. The molecule has 0 atom stereocenters. The van der Waals surface area contributed by atoms with E-state index in [-0.39, 0.29) is 0 Å². The number of rotatable bonds is 5. The van der Waals surface area contributed by atoms with E-state index in [0.717, 1.165) is 61.8 Å². The number of benzene rings is 1. The first-order chi connectivity index (χ1) is 11.5. The van der Waals surface area contributed by atoms with Gasteiger partial charge in [-0.15, -0.1) is 0 Å². The number of oxazole rings is 1. The zero-order chi connectivity index (χ0) is 17.1. The van der Waals surface area contributed by atoms with Gasteiger partial charge in [-0.25, -0.2) is 9.78 Å². The molecule has 1 aliphatic heterocycles. The van der Waals surface area contributed by atoms with E-state index < -0.39 is 5.97 Å². The van der Waals surface area contributed by atoms with Crippen molar-refractivity contribution in [2.24, 2.45) is 5.92 Å². The standard InChI is InChI=1S/C19H24N2O3/c1-13-14(2)24-18(20-13)12-21-9-7-15(8-10-21)11-16-5-3-4-6-17(16)19(22)23/h3-6,15H,7-12H2,1-2H3,(H,22,23). The number of piperidine rings is 1. The number of nitrogens with zero attached hydrogens (tertiary/aromatic N) is 2. The Morgan fingerprint density at radius 2 is 2.00 bits per heavy atom. The maximum Gasteiger partial charge on any atom is 0.335 e. The van der Waals surface area contributed by atoms with Crippen LogP contribution in [0.4, 0.5) is 0 Å². The largest absolute Gasteiger partial charge is 0.478 e. The highest BCUT2D eigenvalue weighted by atomic mass is 16.4. The van der Waals surface area contributed by atoms with Crippen molar-refractivity contribution in [3.05, 3.63) is 52.7 Å². The summed E-state index contributed by atoms with van der Waals surface area (Å²) in [5, 5.41) is 9.30.